The molecule has 1 aromatic carbocycles. The lowest BCUT2D eigenvalue weighted by atomic mass is 10.0. The summed E-state index contributed by atoms with van der Waals surface area (Å²) in [4.78, 5) is 23.1. The van der Waals surface area contributed by atoms with E-state index in [2.05, 4.69) is 15.3 Å². The number of nitrogens with one attached hydrogen (secondary N) is 1. The first-order chi connectivity index (χ1) is 14.0. The van der Waals surface area contributed by atoms with Gasteiger partial charge in [-0.25, -0.2) is 9.97 Å². The second kappa shape index (κ2) is 8.34. The molecule has 0 aliphatic carbocycles. The van der Waals surface area contributed by atoms with Crippen molar-refractivity contribution in [2.24, 2.45) is 0 Å². The van der Waals surface area contributed by atoms with Crippen LogP contribution in [0.4, 0.5) is 11.5 Å². The van der Waals surface area contributed by atoms with Gasteiger partial charge in [-0.1, -0.05) is 0 Å². The van der Waals surface area contributed by atoms with Crippen molar-refractivity contribution in [1.29, 1.82) is 0 Å². The summed E-state index contributed by atoms with van der Waals surface area (Å²) in [5.41, 5.74) is 1.22. The van der Waals surface area contributed by atoms with Gasteiger partial charge in [0.15, 0.2) is 5.79 Å². The van der Waals surface area contributed by atoms with E-state index >= 15 is 0 Å². The van der Waals surface area contributed by atoms with E-state index in [1.807, 2.05) is 38.1 Å². The average Bonchev–Trinajstić information content (AvgIpc) is 3.17. The van der Waals surface area contributed by atoms with Crippen LogP contribution in [0.15, 0.2) is 36.7 Å². The van der Waals surface area contributed by atoms with Crippen molar-refractivity contribution in [2.75, 3.05) is 31.6 Å². The van der Waals surface area contributed by atoms with Gasteiger partial charge >= 0.3 is 0 Å². The molecule has 154 valence electrons. The summed E-state index contributed by atoms with van der Waals surface area (Å²) in [6.45, 7) is 6.40. The van der Waals surface area contributed by atoms with Crippen molar-refractivity contribution >= 4 is 17.4 Å². The van der Waals surface area contributed by atoms with Crippen LogP contribution in [-0.4, -0.2) is 59.0 Å². The van der Waals surface area contributed by atoms with Crippen LogP contribution in [0.1, 0.15) is 37.2 Å². The molecule has 0 atom stereocenters. The molecule has 1 spiro atoms. The fourth-order valence-electron chi connectivity index (χ4n) is 3.58. The van der Waals surface area contributed by atoms with E-state index in [1.54, 1.807) is 11.0 Å². The summed E-state index contributed by atoms with van der Waals surface area (Å²) in [5, 5.41) is 3.20. The topological polar surface area (TPSA) is 85.8 Å². The van der Waals surface area contributed by atoms with Crippen molar-refractivity contribution < 1.29 is 19.0 Å². The lowest BCUT2D eigenvalue weighted by Crippen LogP contribution is -2.47. The molecule has 1 amide bonds. The molecule has 2 aromatic rings. The molecule has 0 bridgehead atoms. The van der Waals surface area contributed by atoms with Crippen LogP contribution in [0.25, 0.3) is 0 Å². The molecule has 1 aromatic heterocycles. The van der Waals surface area contributed by atoms with E-state index in [1.165, 1.54) is 6.33 Å². The third-order valence-electron chi connectivity index (χ3n) is 5.01. The maximum absolute atomic E-state index is 12.9. The molecule has 8 nitrogen and oxygen atoms in total. The van der Waals surface area contributed by atoms with Crippen LogP contribution >= 0.6 is 0 Å². The van der Waals surface area contributed by atoms with Gasteiger partial charge in [-0.05, 0) is 38.1 Å². The van der Waals surface area contributed by atoms with E-state index in [4.69, 9.17) is 14.2 Å². The highest BCUT2D eigenvalue weighted by atomic mass is 16.7. The number of hydrogen-bond donors (Lipinski definition) is 1. The number of likely N-dealkylation sites (tertiary alicyclic amines) is 1. The van der Waals surface area contributed by atoms with E-state index in [0.29, 0.717) is 50.7 Å². The Kier molecular flexibility index (Phi) is 5.64. The fourth-order valence-corrected chi connectivity index (χ4v) is 3.58. The van der Waals surface area contributed by atoms with Gasteiger partial charge in [0.25, 0.3) is 5.91 Å². The number of anilines is 2. The predicted octanol–water partition coefficient (Wildman–Crippen LogP) is 2.99. The van der Waals surface area contributed by atoms with Crippen LogP contribution in [0, 0.1) is 0 Å². The Morgan fingerprint density at radius 1 is 1.14 bits per heavy atom. The largest absolute Gasteiger partial charge is 0.491 e. The highest BCUT2D eigenvalue weighted by molar-refractivity contribution is 5.93. The molecule has 2 aliphatic rings. The molecule has 1 N–H and O–H groups in total. The normalized spacial score (nSPS) is 18.2. The number of carbonyl (C=O) groups is 1. The quantitative estimate of drug-likeness (QED) is 0.829. The Hall–Kier alpha value is -2.71. The Balaban J connectivity index is 1.38. The first-order valence-electron chi connectivity index (χ1n) is 9.96. The third kappa shape index (κ3) is 4.65. The maximum Gasteiger partial charge on any atom is 0.272 e. The van der Waals surface area contributed by atoms with Gasteiger partial charge in [-0.3, -0.25) is 4.79 Å². The van der Waals surface area contributed by atoms with Crippen molar-refractivity contribution in [1.82, 2.24) is 14.9 Å². The number of benzene rings is 1. The Morgan fingerprint density at radius 3 is 2.48 bits per heavy atom. The van der Waals surface area contributed by atoms with Gasteiger partial charge in [-0.15, -0.1) is 0 Å². The summed E-state index contributed by atoms with van der Waals surface area (Å²) < 4.78 is 17.1. The number of amides is 1. The second-order valence-corrected chi connectivity index (χ2v) is 7.50. The molecular weight excluding hydrogens is 372 g/mol. The number of carbonyl (C=O) groups excluding carboxylic acids is 1. The molecule has 29 heavy (non-hydrogen) atoms. The van der Waals surface area contributed by atoms with Crippen molar-refractivity contribution in [3.63, 3.8) is 0 Å². The molecule has 8 heteroatoms. The van der Waals surface area contributed by atoms with Crippen molar-refractivity contribution in [3.8, 4) is 5.75 Å². The SMILES string of the molecule is CC(C)Oc1ccc(Nc2cc(C(=O)N3CCC4(CC3)OCCO4)ncn2)cc1. The Morgan fingerprint density at radius 2 is 1.83 bits per heavy atom. The monoisotopic (exact) mass is 398 g/mol. The van der Waals surface area contributed by atoms with Crippen molar-refractivity contribution in [2.45, 2.75) is 38.6 Å². The van der Waals surface area contributed by atoms with E-state index < -0.39 is 5.79 Å². The molecule has 0 saturated carbocycles. The first-order valence-corrected chi connectivity index (χ1v) is 9.96. The first kappa shape index (κ1) is 19.6. The zero-order valence-corrected chi connectivity index (χ0v) is 16.8. The zero-order chi connectivity index (χ0) is 20.3. The minimum Gasteiger partial charge on any atom is -0.491 e. The van der Waals surface area contributed by atoms with Crippen LogP contribution in [-0.2, 0) is 9.47 Å². The number of nitrogens with zero attached hydrogens (tertiary/aromatic N) is 3. The Bertz CT molecular complexity index is 840. The smallest absolute Gasteiger partial charge is 0.272 e. The average molecular weight is 398 g/mol. The van der Waals surface area contributed by atoms with Crippen LogP contribution in [0.2, 0.25) is 0 Å². The number of rotatable bonds is 5. The number of aromatic nitrogens is 2. The van der Waals surface area contributed by atoms with Crippen molar-refractivity contribution in [3.05, 3.63) is 42.4 Å². The van der Waals surface area contributed by atoms with Crippen LogP contribution in [0.3, 0.4) is 0 Å². The third-order valence-corrected chi connectivity index (χ3v) is 5.01. The standard InChI is InChI=1S/C21H26N4O4/c1-15(2)29-17-5-3-16(4-6-17)24-19-13-18(22-14-23-19)20(26)25-9-7-21(8-10-25)27-11-12-28-21/h3-6,13-15H,7-12H2,1-2H3,(H,22,23,24). The molecule has 2 aliphatic heterocycles. The van der Waals surface area contributed by atoms with E-state index in [-0.39, 0.29) is 12.0 Å². The van der Waals surface area contributed by atoms with Gasteiger partial charge in [0.05, 0.1) is 19.3 Å². The van der Waals surface area contributed by atoms with Gasteiger partial charge in [0.2, 0.25) is 0 Å². The number of piperidine rings is 1. The minimum absolute atomic E-state index is 0.107. The van der Waals surface area contributed by atoms with E-state index in [0.717, 1.165) is 11.4 Å². The zero-order valence-electron chi connectivity index (χ0n) is 16.8. The van der Waals surface area contributed by atoms with Gasteiger partial charge in [0.1, 0.15) is 23.6 Å². The van der Waals surface area contributed by atoms with Crippen LogP contribution < -0.4 is 10.1 Å². The maximum atomic E-state index is 12.9. The summed E-state index contributed by atoms with van der Waals surface area (Å²) in [6, 6.07) is 9.28. The van der Waals surface area contributed by atoms with E-state index in [9.17, 15) is 4.79 Å². The van der Waals surface area contributed by atoms with Gasteiger partial charge in [-0.2, -0.15) is 0 Å². The fraction of sp³-hybridized carbons (Fsp3) is 0.476. The molecule has 2 saturated heterocycles. The molecule has 0 unspecified atom stereocenters. The lowest BCUT2D eigenvalue weighted by molar-refractivity contribution is -0.181. The molecule has 0 radical (unpaired) electrons. The molecule has 3 heterocycles. The second-order valence-electron chi connectivity index (χ2n) is 7.50. The lowest BCUT2D eigenvalue weighted by Gasteiger charge is -2.37. The van der Waals surface area contributed by atoms with Gasteiger partial charge < -0.3 is 24.4 Å². The van der Waals surface area contributed by atoms with Gasteiger partial charge in [0, 0.05) is 37.7 Å². The van der Waals surface area contributed by atoms with Crippen LogP contribution in [0.5, 0.6) is 5.75 Å². The summed E-state index contributed by atoms with van der Waals surface area (Å²) in [6.07, 6.45) is 2.89. The molecular formula is C21H26N4O4. The number of hydrogen-bond acceptors (Lipinski definition) is 7. The Labute approximate surface area is 170 Å². The summed E-state index contributed by atoms with van der Waals surface area (Å²) >= 11 is 0. The highest BCUT2D eigenvalue weighted by Crippen LogP contribution is 2.31. The summed E-state index contributed by atoms with van der Waals surface area (Å²) in [7, 11) is 0. The predicted molar refractivity (Wildman–Crippen MR) is 107 cm³/mol. The number of ether oxygens (including phenoxy) is 3. The summed E-state index contributed by atoms with van der Waals surface area (Å²) in [5.74, 6) is 0.767. The molecule has 4 rings (SSSR count). The molecule has 2 fully saturated rings. The highest BCUT2D eigenvalue weighted by Gasteiger charge is 2.41. The minimum atomic E-state index is -0.499.